The summed E-state index contributed by atoms with van der Waals surface area (Å²) in [5.41, 5.74) is 1.85. The first-order valence-corrected chi connectivity index (χ1v) is 8.19. The van der Waals surface area contributed by atoms with Gasteiger partial charge in [0, 0.05) is 18.8 Å². The van der Waals surface area contributed by atoms with E-state index in [2.05, 4.69) is 13.0 Å². The molecule has 0 saturated heterocycles. The fraction of sp³-hybridized carbons (Fsp3) is 0.556. The molecule has 0 unspecified atom stereocenters. The molecule has 1 atom stereocenters. The number of aryl methyl sites for hydroxylation is 2. The monoisotopic (exact) mass is 302 g/mol. The number of hydrogen-bond acceptors (Lipinski definition) is 2. The standard InChI is InChI=1S/C18H26N2O2/c1-5-7-9-15-10-8-11-20(15)18(22)16-13(3)12-14(4)19(6-2)17(16)21/h8,10,12,15H,5-7,9,11H2,1-4H3/t15-/m0/s1. The van der Waals surface area contributed by atoms with Crippen LogP contribution in [-0.2, 0) is 6.54 Å². The van der Waals surface area contributed by atoms with Crippen LogP contribution in [0.3, 0.4) is 0 Å². The van der Waals surface area contributed by atoms with E-state index in [1.807, 2.05) is 37.8 Å². The number of carbonyl (C=O) groups excluding carboxylic acids is 1. The van der Waals surface area contributed by atoms with Crippen LogP contribution in [-0.4, -0.2) is 28.0 Å². The lowest BCUT2D eigenvalue weighted by atomic mass is 10.1. The van der Waals surface area contributed by atoms with Gasteiger partial charge in [0.25, 0.3) is 11.5 Å². The summed E-state index contributed by atoms with van der Waals surface area (Å²) >= 11 is 0. The maximum Gasteiger partial charge on any atom is 0.263 e. The molecule has 1 aromatic heterocycles. The Kier molecular flexibility index (Phi) is 5.22. The van der Waals surface area contributed by atoms with E-state index >= 15 is 0 Å². The van der Waals surface area contributed by atoms with E-state index in [0.29, 0.717) is 18.7 Å². The Morgan fingerprint density at radius 3 is 2.68 bits per heavy atom. The number of carbonyl (C=O) groups is 1. The number of amides is 1. The van der Waals surface area contributed by atoms with Crippen molar-refractivity contribution in [3.05, 3.63) is 45.4 Å². The second kappa shape index (κ2) is 6.95. The fourth-order valence-electron chi connectivity index (χ4n) is 3.19. The van der Waals surface area contributed by atoms with E-state index in [-0.39, 0.29) is 17.5 Å². The minimum Gasteiger partial charge on any atom is -0.328 e. The Bertz CT molecular complexity index is 643. The van der Waals surface area contributed by atoms with Gasteiger partial charge < -0.3 is 9.47 Å². The van der Waals surface area contributed by atoms with Crippen LogP contribution in [0.4, 0.5) is 0 Å². The first-order valence-electron chi connectivity index (χ1n) is 8.19. The van der Waals surface area contributed by atoms with Crippen molar-refractivity contribution >= 4 is 5.91 Å². The summed E-state index contributed by atoms with van der Waals surface area (Å²) in [6.45, 7) is 9.03. The van der Waals surface area contributed by atoms with Gasteiger partial charge in [-0.2, -0.15) is 0 Å². The number of aromatic nitrogens is 1. The molecule has 1 aliphatic heterocycles. The predicted octanol–water partition coefficient (Wildman–Crippen LogP) is 3.06. The maximum absolute atomic E-state index is 12.9. The van der Waals surface area contributed by atoms with E-state index < -0.39 is 0 Å². The van der Waals surface area contributed by atoms with Crippen LogP contribution in [0.1, 0.15) is 54.7 Å². The summed E-state index contributed by atoms with van der Waals surface area (Å²) in [4.78, 5) is 27.4. The van der Waals surface area contributed by atoms with Crippen molar-refractivity contribution in [3.8, 4) is 0 Å². The van der Waals surface area contributed by atoms with Gasteiger partial charge >= 0.3 is 0 Å². The van der Waals surface area contributed by atoms with Crippen LogP contribution in [0, 0.1) is 13.8 Å². The topological polar surface area (TPSA) is 42.3 Å². The van der Waals surface area contributed by atoms with E-state index in [9.17, 15) is 9.59 Å². The molecule has 0 saturated carbocycles. The maximum atomic E-state index is 12.9. The molecule has 0 aromatic carbocycles. The highest BCUT2D eigenvalue weighted by Gasteiger charge is 2.28. The van der Waals surface area contributed by atoms with Gasteiger partial charge in [-0.1, -0.05) is 31.9 Å². The lowest BCUT2D eigenvalue weighted by molar-refractivity contribution is 0.0740. The first-order chi connectivity index (χ1) is 10.5. The Morgan fingerprint density at radius 2 is 2.05 bits per heavy atom. The zero-order valence-corrected chi connectivity index (χ0v) is 14.1. The van der Waals surface area contributed by atoms with Gasteiger partial charge in [-0.15, -0.1) is 0 Å². The molecule has 1 aromatic rings. The minimum absolute atomic E-state index is 0.127. The van der Waals surface area contributed by atoms with Gasteiger partial charge in [0.05, 0.1) is 6.04 Å². The van der Waals surface area contributed by atoms with Crippen molar-refractivity contribution in [1.82, 2.24) is 9.47 Å². The SMILES string of the molecule is CCCC[C@H]1C=CCN1C(=O)c1c(C)cc(C)n(CC)c1=O. The molecule has 1 aliphatic rings. The van der Waals surface area contributed by atoms with Gasteiger partial charge in [0.1, 0.15) is 5.56 Å². The molecule has 2 rings (SSSR count). The van der Waals surface area contributed by atoms with Crippen LogP contribution in [0.2, 0.25) is 0 Å². The molecule has 0 spiro atoms. The van der Waals surface area contributed by atoms with Gasteiger partial charge in [0.2, 0.25) is 0 Å². The number of pyridine rings is 1. The van der Waals surface area contributed by atoms with E-state index in [4.69, 9.17) is 0 Å². The summed E-state index contributed by atoms with van der Waals surface area (Å²) in [5, 5.41) is 0. The van der Waals surface area contributed by atoms with Gasteiger partial charge in [-0.05, 0) is 38.8 Å². The lowest BCUT2D eigenvalue weighted by Gasteiger charge is -2.25. The van der Waals surface area contributed by atoms with Crippen molar-refractivity contribution < 1.29 is 4.79 Å². The molecule has 1 amide bonds. The molecule has 2 heterocycles. The Morgan fingerprint density at radius 1 is 1.32 bits per heavy atom. The molecule has 22 heavy (non-hydrogen) atoms. The second-order valence-electron chi connectivity index (χ2n) is 5.99. The third-order valence-corrected chi connectivity index (χ3v) is 4.41. The Balaban J connectivity index is 2.36. The van der Waals surface area contributed by atoms with Crippen molar-refractivity contribution in [2.24, 2.45) is 0 Å². The first kappa shape index (κ1) is 16.5. The quantitative estimate of drug-likeness (QED) is 0.785. The smallest absolute Gasteiger partial charge is 0.263 e. The number of unbranched alkanes of at least 4 members (excludes halogenated alkanes) is 1. The Labute approximate surface area is 132 Å². The van der Waals surface area contributed by atoms with E-state index in [1.54, 1.807) is 4.57 Å². The molecular formula is C18H26N2O2. The number of hydrogen-bond donors (Lipinski definition) is 0. The van der Waals surface area contributed by atoms with Crippen molar-refractivity contribution in [3.63, 3.8) is 0 Å². The van der Waals surface area contributed by atoms with Crippen LogP contribution < -0.4 is 5.56 Å². The normalized spacial score (nSPS) is 17.3. The molecule has 0 aliphatic carbocycles. The summed E-state index contributed by atoms with van der Waals surface area (Å²) < 4.78 is 1.67. The van der Waals surface area contributed by atoms with Crippen LogP contribution in [0.15, 0.2) is 23.0 Å². The molecule has 120 valence electrons. The number of rotatable bonds is 5. The minimum atomic E-state index is -0.161. The average molecular weight is 302 g/mol. The fourth-order valence-corrected chi connectivity index (χ4v) is 3.19. The zero-order chi connectivity index (χ0) is 16.3. The zero-order valence-electron chi connectivity index (χ0n) is 14.1. The third kappa shape index (κ3) is 3.01. The molecule has 0 radical (unpaired) electrons. The van der Waals surface area contributed by atoms with Crippen molar-refractivity contribution in [2.45, 2.75) is 59.5 Å². The summed E-state index contributed by atoms with van der Waals surface area (Å²) in [7, 11) is 0. The van der Waals surface area contributed by atoms with E-state index in [0.717, 1.165) is 30.5 Å². The van der Waals surface area contributed by atoms with Gasteiger partial charge in [0.15, 0.2) is 0 Å². The average Bonchev–Trinajstić information content (AvgIpc) is 2.93. The lowest BCUT2D eigenvalue weighted by Crippen LogP contribution is -2.41. The molecule has 0 fully saturated rings. The van der Waals surface area contributed by atoms with Crippen molar-refractivity contribution in [1.29, 1.82) is 0 Å². The van der Waals surface area contributed by atoms with Crippen LogP contribution >= 0.6 is 0 Å². The summed E-state index contributed by atoms with van der Waals surface area (Å²) in [6, 6.07) is 2.06. The van der Waals surface area contributed by atoms with Crippen molar-refractivity contribution in [2.75, 3.05) is 6.54 Å². The third-order valence-electron chi connectivity index (χ3n) is 4.41. The molecule has 4 heteroatoms. The highest BCUT2D eigenvalue weighted by Crippen LogP contribution is 2.19. The molecule has 0 bridgehead atoms. The highest BCUT2D eigenvalue weighted by molar-refractivity contribution is 5.96. The molecule has 4 nitrogen and oxygen atoms in total. The Hall–Kier alpha value is -1.84. The summed E-state index contributed by atoms with van der Waals surface area (Å²) in [6.07, 6.45) is 7.28. The number of nitrogens with zero attached hydrogens (tertiary/aromatic N) is 2. The summed E-state index contributed by atoms with van der Waals surface area (Å²) in [5.74, 6) is -0.129. The highest BCUT2D eigenvalue weighted by atomic mass is 16.2. The van der Waals surface area contributed by atoms with E-state index in [1.165, 1.54) is 0 Å². The van der Waals surface area contributed by atoms with Gasteiger partial charge in [-0.25, -0.2) is 0 Å². The molecule has 0 N–H and O–H groups in total. The van der Waals surface area contributed by atoms with Crippen LogP contribution in [0.5, 0.6) is 0 Å². The van der Waals surface area contributed by atoms with Crippen LogP contribution in [0.25, 0.3) is 0 Å². The predicted molar refractivity (Wildman–Crippen MR) is 89.3 cm³/mol. The largest absolute Gasteiger partial charge is 0.328 e. The molecular weight excluding hydrogens is 276 g/mol. The van der Waals surface area contributed by atoms with Gasteiger partial charge in [-0.3, -0.25) is 9.59 Å². The second-order valence-corrected chi connectivity index (χ2v) is 5.99.